The Hall–Kier alpha value is -2.28. The second-order valence-electron chi connectivity index (χ2n) is 6.45. The number of carbonyl (C=O) groups is 2. The molecule has 2 N–H and O–H groups in total. The van der Waals surface area contributed by atoms with Crippen molar-refractivity contribution >= 4 is 17.6 Å². The van der Waals surface area contributed by atoms with Crippen molar-refractivity contribution in [2.45, 2.75) is 26.8 Å². The molecule has 0 aromatic heterocycles. The quantitative estimate of drug-likeness (QED) is 0.855. The van der Waals surface area contributed by atoms with Crippen LogP contribution in [0.3, 0.4) is 0 Å². The van der Waals surface area contributed by atoms with Crippen LogP contribution < -0.4 is 15.4 Å². The van der Waals surface area contributed by atoms with Gasteiger partial charge < -0.3 is 25.0 Å². The molecule has 0 radical (unpaired) electrons. The van der Waals surface area contributed by atoms with Crippen LogP contribution in [0.4, 0.5) is 10.5 Å². The number of methoxy groups -OCH3 is 1. The third-order valence-electron chi connectivity index (χ3n) is 4.35. The van der Waals surface area contributed by atoms with Crippen LogP contribution in [0.15, 0.2) is 18.2 Å². The molecule has 1 aromatic rings. The highest BCUT2D eigenvalue weighted by Crippen LogP contribution is 2.26. The highest BCUT2D eigenvalue weighted by Gasteiger charge is 2.20. The van der Waals surface area contributed by atoms with Crippen molar-refractivity contribution in [2.75, 3.05) is 38.7 Å². The van der Waals surface area contributed by atoms with E-state index in [1.807, 2.05) is 20.8 Å². The molecule has 1 aromatic carbocycles. The fourth-order valence-electron chi connectivity index (χ4n) is 2.42. The van der Waals surface area contributed by atoms with E-state index in [4.69, 9.17) is 9.47 Å². The molecule has 1 atom stereocenters. The van der Waals surface area contributed by atoms with Gasteiger partial charge in [0.05, 0.1) is 26.0 Å². The first-order chi connectivity index (χ1) is 11.9. The molecule has 1 unspecified atom stereocenters. The molecular formula is C18H27N3O4. The van der Waals surface area contributed by atoms with Crippen LogP contribution in [0.25, 0.3) is 0 Å². The average molecular weight is 349 g/mol. The van der Waals surface area contributed by atoms with Gasteiger partial charge in [0.25, 0.3) is 5.91 Å². The van der Waals surface area contributed by atoms with Crippen LogP contribution in [0.5, 0.6) is 5.75 Å². The molecule has 7 nitrogen and oxygen atoms in total. The first-order valence-electron chi connectivity index (χ1n) is 8.55. The molecule has 1 aliphatic rings. The van der Waals surface area contributed by atoms with Crippen molar-refractivity contribution in [3.8, 4) is 5.75 Å². The summed E-state index contributed by atoms with van der Waals surface area (Å²) in [7, 11) is 1.53. The molecule has 3 amide bonds. The van der Waals surface area contributed by atoms with Gasteiger partial charge >= 0.3 is 6.03 Å². The van der Waals surface area contributed by atoms with Gasteiger partial charge in [-0.3, -0.25) is 4.79 Å². The summed E-state index contributed by atoms with van der Waals surface area (Å²) in [6.07, 6.45) is 0. The van der Waals surface area contributed by atoms with Gasteiger partial charge in [-0.25, -0.2) is 4.79 Å². The minimum atomic E-state index is -0.324. The second kappa shape index (κ2) is 8.71. The largest absolute Gasteiger partial charge is 0.495 e. The van der Waals surface area contributed by atoms with E-state index in [1.54, 1.807) is 23.1 Å². The van der Waals surface area contributed by atoms with Gasteiger partial charge in [-0.15, -0.1) is 0 Å². The third-order valence-corrected chi connectivity index (χ3v) is 4.35. The fraction of sp³-hybridized carbons (Fsp3) is 0.556. The molecule has 1 saturated heterocycles. The van der Waals surface area contributed by atoms with E-state index in [-0.39, 0.29) is 18.0 Å². The van der Waals surface area contributed by atoms with E-state index in [2.05, 4.69) is 10.6 Å². The number of nitrogens with one attached hydrogen (secondary N) is 2. The zero-order valence-electron chi connectivity index (χ0n) is 15.3. The molecule has 138 valence electrons. The minimum absolute atomic E-state index is 0.0316. The number of benzene rings is 1. The number of amides is 3. The summed E-state index contributed by atoms with van der Waals surface area (Å²) in [5.41, 5.74) is 0.977. The zero-order chi connectivity index (χ0) is 18.4. The minimum Gasteiger partial charge on any atom is -0.495 e. The maximum Gasteiger partial charge on any atom is 0.319 e. The summed E-state index contributed by atoms with van der Waals surface area (Å²) < 4.78 is 10.6. The Morgan fingerprint density at radius 2 is 1.88 bits per heavy atom. The Kier molecular flexibility index (Phi) is 6.64. The van der Waals surface area contributed by atoms with Crippen LogP contribution in [-0.2, 0) is 4.74 Å². The van der Waals surface area contributed by atoms with Gasteiger partial charge in [-0.05, 0) is 31.0 Å². The fourth-order valence-corrected chi connectivity index (χ4v) is 2.42. The second-order valence-corrected chi connectivity index (χ2v) is 6.45. The topological polar surface area (TPSA) is 79.9 Å². The predicted molar refractivity (Wildman–Crippen MR) is 96.2 cm³/mol. The average Bonchev–Trinajstić information content (AvgIpc) is 2.61. The zero-order valence-corrected chi connectivity index (χ0v) is 15.3. The van der Waals surface area contributed by atoms with Crippen molar-refractivity contribution in [2.24, 2.45) is 5.92 Å². The summed E-state index contributed by atoms with van der Waals surface area (Å²) in [5.74, 6) is 0.748. The van der Waals surface area contributed by atoms with E-state index >= 15 is 0 Å². The van der Waals surface area contributed by atoms with Gasteiger partial charge in [0, 0.05) is 24.7 Å². The molecule has 0 saturated carbocycles. The predicted octanol–water partition coefficient (Wildman–Crippen LogP) is 2.33. The number of morpholine rings is 1. The number of nitrogens with zero attached hydrogens (tertiary/aromatic N) is 1. The standard InChI is InChI=1S/C18H27N3O4/c1-12(2)13(3)19-18(23)20-15-11-14(5-6-16(15)24-4)17(22)21-7-9-25-10-8-21/h5-6,11-13H,7-10H2,1-4H3,(H2,19,20,23). The van der Waals surface area contributed by atoms with E-state index in [0.29, 0.717) is 49.2 Å². The molecule has 2 rings (SSSR count). The highest BCUT2D eigenvalue weighted by atomic mass is 16.5. The number of rotatable bonds is 5. The summed E-state index contributed by atoms with van der Waals surface area (Å²) in [4.78, 5) is 26.5. The molecule has 0 bridgehead atoms. The summed E-state index contributed by atoms with van der Waals surface area (Å²) in [5, 5.41) is 5.65. The van der Waals surface area contributed by atoms with Crippen molar-refractivity contribution < 1.29 is 19.1 Å². The number of hydrogen-bond acceptors (Lipinski definition) is 4. The third kappa shape index (κ3) is 5.09. The van der Waals surface area contributed by atoms with Crippen molar-refractivity contribution in [3.05, 3.63) is 23.8 Å². The molecule has 1 aliphatic heterocycles. The van der Waals surface area contributed by atoms with Gasteiger partial charge in [0.15, 0.2) is 0 Å². The van der Waals surface area contributed by atoms with Crippen molar-refractivity contribution in [1.82, 2.24) is 10.2 Å². The summed E-state index contributed by atoms with van der Waals surface area (Å²) in [6.45, 7) is 8.24. The van der Waals surface area contributed by atoms with Crippen LogP contribution in [0, 0.1) is 5.92 Å². The molecule has 1 fully saturated rings. The monoisotopic (exact) mass is 349 g/mol. The molecular weight excluding hydrogens is 322 g/mol. The normalized spacial score (nSPS) is 15.6. The lowest BCUT2D eigenvalue weighted by molar-refractivity contribution is 0.0303. The SMILES string of the molecule is COc1ccc(C(=O)N2CCOCC2)cc1NC(=O)NC(C)C(C)C. The number of ether oxygens (including phenoxy) is 2. The maximum absolute atomic E-state index is 12.6. The summed E-state index contributed by atoms with van der Waals surface area (Å²) in [6, 6.07) is 4.75. The van der Waals surface area contributed by atoms with E-state index in [0.717, 1.165) is 0 Å². The van der Waals surface area contributed by atoms with Crippen LogP contribution >= 0.6 is 0 Å². The Labute approximate surface area is 148 Å². The Morgan fingerprint density at radius 3 is 2.48 bits per heavy atom. The van der Waals surface area contributed by atoms with Crippen molar-refractivity contribution in [1.29, 1.82) is 0 Å². The maximum atomic E-state index is 12.6. The lowest BCUT2D eigenvalue weighted by Crippen LogP contribution is -2.41. The lowest BCUT2D eigenvalue weighted by atomic mass is 10.1. The number of anilines is 1. The van der Waals surface area contributed by atoms with Gasteiger partial charge in [-0.1, -0.05) is 13.8 Å². The first-order valence-corrected chi connectivity index (χ1v) is 8.55. The van der Waals surface area contributed by atoms with Crippen LogP contribution in [0.1, 0.15) is 31.1 Å². The number of urea groups is 1. The van der Waals surface area contributed by atoms with E-state index < -0.39 is 0 Å². The Balaban J connectivity index is 2.13. The Bertz CT molecular complexity index is 612. The first kappa shape index (κ1) is 19.1. The lowest BCUT2D eigenvalue weighted by Gasteiger charge is -2.27. The smallest absolute Gasteiger partial charge is 0.319 e. The van der Waals surface area contributed by atoms with Crippen molar-refractivity contribution in [3.63, 3.8) is 0 Å². The Morgan fingerprint density at radius 1 is 1.20 bits per heavy atom. The van der Waals surface area contributed by atoms with Crippen LogP contribution in [0.2, 0.25) is 0 Å². The molecule has 1 heterocycles. The van der Waals surface area contributed by atoms with Gasteiger partial charge in [0.1, 0.15) is 5.75 Å². The highest BCUT2D eigenvalue weighted by molar-refractivity contribution is 5.98. The molecule has 7 heteroatoms. The van der Waals surface area contributed by atoms with Gasteiger partial charge in [0.2, 0.25) is 0 Å². The van der Waals surface area contributed by atoms with E-state index in [9.17, 15) is 9.59 Å². The molecule has 0 aliphatic carbocycles. The number of carbonyl (C=O) groups excluding carboxylic acids is 2. The number of hydrogen-bond donors (Lipinski definition) is 2. The molecule has 0 spiro atoms. The van der Waals surface area contributed by atoms with Crippen LogP contribution in [-0.4, -0.2) is 56.3 Å². The summed E-state index contributed by atoms with van der Waals surface area (Å²) >= 11 is 0. The van der Waals surface area contributed by atoms with E-state index in [1.165, 1.54) is 7.11 Å². The van der Waals surface area contributed by atoms with Gasteiger partial charge in [-0.2, -0.15) is 0 Å². The molecule has 25 heavy (non-hydrogen) atoms.